The Kier molecular flexibility index (Phi) is 2.32. The fourth-order valence-corrected chi connectivity index (χ4v) is 3.08. The summed E-state index contributed by atoms with van der Waals surface area (Å²) in [5, 5.41) is 1.10. The molecule has 0 amide bonds. The highest BCUT2D eigenvalue weighted by molar-refractivity contribution is 9.10. The fourth-order valence-electron chi connectivity index (χ4n) is 2.75. The molecule has 3 heteroatoms. The van der Waals surface area contributed by atoms with E-state index in [1.54, 1.807) is 6.07 Å². The molecule has 1 aliphatic carbocycles. The van der Waals surface area contributed by atoms with E-state index in [-0.39, 0.29) is 5.82 Å². The number of nitrogens with zero attached hydrogens (tertiary/aromatic N) is 1. The van der Waals surface area contributed by atoms with Crippen LogP contribution in [0.2, 0.25) is 0 Å². The van der Waals surface area contributed by atoms with Crippen LogP contribution in [0.25, 0.3) is 10.9 Å². The predicted molar refractivity (Wildman–Crippen MR) is 67.2 cm³/mol. The summed E-state index contributed by atoms with van der Waals surface area (Å²) in [5.41, 5.74) is 3.88. The SMILES string of the molecule is Cn1c2c(c3cc(F)c(Br)cc31)CCCC2. The van der Waals surface area contributed by atoms with Crippen molar-refractivity contribution in [2.45, 2.75) is 25.7 Å². The molecule has 0 saturated heterocycles. The maximum atomic E-state index is 13.6. The zero-order valence-electron chi connectivity index (χ0n) is 9.19. The standard InChI is InChI=1S/C13H13BrFN/c1-16-12-5-3-2-4-8(12)9-6-11(15)10(14)7-13(9)16/h6-7H,2-5H2,1H3. The zero-order valence-corrected chi connectivity index (χ0v) is 10.8. The van der Waals surface area contributed by atoms with Crippen molar-refractivity contribution in [3.63, 3.8) is 0 Å². The average Bonchev–Trinajstić information content (AvgIpc) is 2.55. The second-order valence-corrected chi connectivity index (χ2v) is 5.33. The third-order valence-electron chi connectivity index (χ3n) is 3.57. The minimum atomic E-state index is -0.161. The van der Waals surface area contributed by atoms with E-state index in [0.717, 1.165) is 23.7 Å². The van der Waals surface area contributed by atoms with Gasteiger partial charge in [0.15, 0.2) is 0 Å². The maximum absolute atomic E-state index is 13.6. The molecule has 1 nitrogen and oxygen atoms in total. The van der Waals surface area contributed by atoms with Crippen LogP contribution in [0.4, 0.5) is 4.39 Å². The number of benzene rings is 1. The summed E-state index contributed by atoms with van der Waals surface area (Å²) in [6.45, 7) is 0. The third-order valence-corrected chi connectivity index (χ3v) is 4.18. The summed E-state index contributed by atoms with van der Waals surface area (Å²) in [6.07, 6.45) is 4.69. The molecule has 0 aliphatic heterocycles. The summed E-state index contributed by atoms with van der Waals surface area (Å²) < 4.78 is 16.3. The number of aryl methyl sites for hydroxylation is 2. The summed E-state index contributed by atoms with van der Waals surface area (Å²) in [4.78, 5) is 0. The van der Waals surface area contributed by atoms with Crippen LogP contribution in [-0.2, 0) is 19.9 Å². The number of hydrogen-bond donors (Lipinski definition) is 0. The first-order chi connectivity index (χ1) is 7.68. The Morgan fingerprint density at radius 2 is 2.00 bits per heavy atom. The van der Waals surface area contributed by atoms with Gasteiger partial charge in [-0.25, -0.2) is 4.39 Å². The van der Waals surface area contributed by atoms with Gasteiger partial charge in [0.25, 0.3) is 0 Å². The van der Waals surface area contributed by atoms with Gasteiger partial charge in [-0.3, -0.25) is 0 Å². The van der Waals surface area contributed by atoms with Crippen LogP contribution in [-0.4, -0.2) is 4.57 Å². The maximum Gasteiger partial charge on any atom is 0.138 e. The van der Waals surface area contributed by atoms with Crippen LogP contribution in [0.5, 0.6) is 0 Å². The molecule has 0 radical (unpaired) electrons. The number of aromatic nitrogens is 1. The fraction of sp³-hybridized carbons (Fsp3) is 0.385. The lowest BCUT2D eigenvalue weighted by Crippen LogP contribution is -2.04. The molecule has 1 heterocycles. The van der Waals surface area contributed by atoms with Crippen molar-refractivity contribution in [3.8, 4) is 0 Å². The minimum Gasteiger partial charge on any atom is -0.347 e. The minimum absolute atomic E-state index is 0.161. The Labute approximate surface area is 102 Å². The molecule has 3 rings (SSSR count). The summed E-state index contributed by atoms with van der Waals surface area (Å²) >= 11 is 3.26. The van der Waals surface area contributed by atoms with Crippen LogP contribution in [0.3, 0.4) is 0 Å². The molecule has 0 atom stereocenters. The van der Waals surface area contributed by atoms with Crippen LogP contribution in [0.15, 0.2) is 16.6 Å². The van der Waals surface area contributed by atoms with Crippen LogP contribution >= 0.6 is 15.9 Å². The smallest absolute Gasteiger partial charge is 0.138 e. The van der Waals surface area contributed by atoms with Crippen molar-refractivity contribution in [1.82, 2.24) is 4.57 Å². The molecule has 1 aromatic carbocycles. The van der Waals surface area contributed by atoms with Gasteiger partial charge >= 0.3 is 0 Å². The highest BCUT2D eigenvalue weighted by Gasteiger charge is 2.19. The second kappa shape index (κ2) is 3.59. The van der Waals surface area contributed by atoms with Gasteiger partial charge in [0.2, 0.25) is 0 Å². The Balaban J connectivity index is 2.40. The molecular formula is C13H13BrFN. The van der Waals surface area contributed by atoms with Gasteiger partial charge < -0.3 is 4.57 Å². The van der Waals surface area contributed by atoms with E-state index >= 15 is 0 Å². The first kappa shape index (κ1) is 10.3. The van der Waals surface area contributed by atoms with E-state index < -0.39 is 0 Å². The Bertz CT molecular complexity index is 571. The van der Waals surface area contributed by atoms with Crippen molar-refractivity contribution in [3.05, 3.63) is 33.7 Å². The molecule has 0 spiro atoms. The Hall–Kier alpha value is -0.830. The quantitative estimate of drug-likeness (QED) is 0.689. The Morgan fingerprint density at radius 1 is 1.25 bits per heavy atom. The molecule has 0 fully saturated rings. The normalized spacial score (nSPS) is 15.4. The van der Waals surface area contributed by atoms with E-state index in [9.17, 15) is 4.39 Å². The highest BCUT2D eigenvalue weighted by atomic mass is 79.9. The van der Waals surface area contributed by atoms with E-state index in [4.69, 9.17) is 0 Å². The summed E-state index contributed by atoms with van der Waals surface area (Å²) in [7, 11) is 2.08. The molecule has 0 saturated carbocycles. The van der Waals surface area contributed by atoms with Gasteiger partial charge in [0.05, 0.1) is 4.47 Å². The van der Waals surface area contributed by atoms with Crippen molar-refractivity contribution < 1.29 is 4.39 Å². The Morgan fingerprint density at radius 3 is 2.81 bits per heavy atom. The number of rotatable bonds is 0. The molecule has 1 aliphatic rings. The molecular weight excluding hydrogens is 269 g/mol. The first-order valence-corrected chi connectivity index (χ1v) is 6.43. The number of hydrogen-bond acceptors (Lipinski definition) is 0. The average molecular weight is 282 g/mol. The zero-order chi connectivity index (χ0) is 11.3. The van der Waals surface area contributed by atoms with Gasteiger partial charge in [-0.15, -0.1) is 0 Å². The van der Waals surface area contributed by atoms with Crippen LogP contribution < -0.4 is 0 Å². The lowest BCUT2D eigenvalue weighted by atomic mass is 9.95. The van der Waals surface area contributed by atoms with E-state index in [1.165, 1.54) is 24.1 Å². The second-order valence-electron chi connectivity index (χ2n) is 4.47. The van der Waals surface area contributed by atoms with Gasteiger partial charge in [0.1, 0.15) is 5.82 Å². The molecule has 1 aromatic heterocycles. The highest BCUT2D eigenvalue weighted by Crippen LogP contribution is 2.33. The van der Waals surface area contributed by atoms with Gasteiger partial charge in [0, 0.05) is 23.6 Å². The van der Waals surface area contributed by atoms with Gasteiger partial charge in [-0.1, -0.05) is 0 Å². The van der Waals surface area contributed by atoms with Crippen molar-refractivity contribution in [2.75, 3.05) is 0 Å². The topological polar surface area (TPSA) is 4.93 Å². The summed E-state index contributed by atoms with van der Waals surface area (Å²) in [5.74, 6) is -0.161. The van der Waals surface area contributed by atoms with Crippen LogP contribution in [0.1, 0.15) is 24.1 Å². The number of fused-ring (bicyclic) bond motifs is 3. The lowest BCUT2D eigenvalue weighted by molar-refractivity contribution is 0.623. The lowest BCUT2D eigenvalue weighted by Gasteiger charge is -2.12. The summed E-state index contributed by atoms with van der Waals surface area (Å²) in [6, 6.07) is 3.56. The van der Waals surface area contributed by atoms with Crippen LogP contribution in [0, 0.1) is 5.82 Å². The third kappa shape index (κ3) is 1.34. The van der Waals surface area contributed by atoms with Crippen molar-refractivity contribution >= 4 is 26.8 Å². The van der Waals surface area contributed by atoms with Crippen molar-refractivity contribution in [2.24, 2.45) is 7.05 Å². The molecule has 2 aromatic rings. The number of halogens is 2. The molecule has 0 unspecified atom stereocenters. The van der Waals surface area contributed by atoms with E-state index in [0.29, 0.717) is 4.47 Å². The van der Waals surface area contributed by atoms with Gasteiger partial charge in [-0.05, 0) is 59.3 Å². The molecule has 0 N–H and O–H groups in total. The van der Waals surface area contributed by atoms with Gasteiger partial charge in [-0.2, -0.15) is 0 Å². The monoisotopic (exact) mass is 281 g/mol. The molecule has 16 heavy (non-hydrogen) atoms. The molecule has 84 valence electrons. The first-order valence-electron chi connectivity index (χ1n) is 5.63. The van der Waals surface area contributed by atoms with E-state index in [1.807, 2.05) is 6.07 Å². The van der Waals surface area contributed by atoms with E-state index in [2.05, 4.69) is 27.5 Å². The largest absolute Gasteiger partial charge is 0.347 e. The van der Waals surface area contributed by atoms with Crippen molar-refractivity contribution in [1.29, 1.82) is 0 Å². The molecule has 0 bridgehead atoms. The predicted octanol–water partition coefficient (Wildman–Crippen LogP) is 3.96.